The fourth-order valence-corrected chi connectivity index (χ4v) is 2.90. The standard InChI is InChI=1S/C16H19NO4S/c1-5-7-15(16(18)21-17(4)12-6-2)22(19,20)14-10-8-13(3)9-11-14/h5-11H,1-2,12H2,3-4H3. The summed E-state index contributed by atoms with van der Waals surface area (Å²) in [7, 11) is -2.47. The van der Waals surface area contributed by atoms with E-state index in [0.717, 1.165) is 11.6 Å². The van der Waals surface area contributed by atoms with Gasteiger partial charge in [0.25, 0.3) is 0 Å². The minimum atomic E-state index is -3.98. The minimum Gasteiger partial charge on any atom is -0.363 e. The number of allylic oxidation sites excluding steroid dienone is 2. The molecule has 0 aromatic heterocycles. The van der Waals surface area contributed by atoms with Crippen molar-refractivity contribution in [3.8, 4) is 0 Å². The lowest BCUT2D eigenvalue weighted by Crippen LogP contribution is -2.26. The molecule has 0 amide bonds. The Morgan fingerprint density at radius 3 is 2.36 bits per heavy atom. The smallest absolute Gasteiger partial charge is 0.363 e. The molecular weight excluding hydrogens is 302 g/mol. The summed E-state index contributed by atoms with van der Waals surface area (Å²) in [5.74, 6) is -0.968. The van der Waals surface area contributed by atoms with Crippen LogP contribution in [0.1, 0.15) is 5.56 Å². The second kappa shape index (κ2) is 7.72. The lowest BCUT2D eigenvalue weighted by Gasteiger charge is -2.15. The summed E-state index contributed by atoms with van der Waals surface area (Å²) in [4.78, 5) is 16.6. The van der Waals surface area contributed by atoms with Gasteiger partial charge in [-0.15, -0.1) is 11.6 Å². The third-order valence-electron chi connectivity index (χ3n) is 2.72. The van der Waals surface area contributed by atoms with Crippen molar-refractivity contribution in [2.45, 2.75) is 11.8 Å². The van der Waals surface area contributed by atoms with Crippen molar-refractivity contribution in [1.29, 1.82) is 0 Å². The predicted molar refractivity (Wildman–Crippen MR) is 85.6 cm³/mol. The van der Waals surface area contributed by atoms with E-state index >= 15 is 0 Å². The molecule has 0 aliphatic rings. The molecule has 1 aromatic rings. The summed E-state index contributed by atoms with van der Waals surface area (Å²) >= 11 is 0. The van der Waals surface area contributed by atoms with Gasteiger partial charge in [0.2, 0.25) is 9.84 Å². The van der Waals surface area contributed by atoms with Gasteiger partial charge in [-0.05, 0) is 25.1 Å². The summed E-state index contributed by atoms with van der Waals surface area (Å²) < 4.78 is 25.1. The second-order valence-electron chi connectivity index (χ2n) is 4.56. The SMILES string of the molecule is C=CC=C(C(=O)ON(C)CC=C)S(=O)(=O)c1ccc(C)cc1. The maximum Gasteiger partial charge on any atom is 0.369 e. The first-order valence-corrected chi connectivity index (χ1v) is 8.00. The summed E-state index contributed by atoms with van der Waals surface area (Å²) in [6.07, 6.45) is 3.88. The van der Waals surface area contributed by atoms with Gasteiger partial charge in [0.1, 0.15) is 0 Å². The van der Waals surface area contributed by atoms with Gasteiger partial charge in [-0.25, -0.2) is 13.2 Å². The molecular formula is C16H19NO4S. The zero-order valence-corrected chi connectivity index (χ0v) is 13.5. The van der Waals surface area contributed by atoms with E-state index < -0.39 is 20.7 Å². The minimum absolute atomic E-state index is 0.0227. The van der Waals surface area contributed by atoms with E-state index in [-0.39, 0.29) is 11.4 Å². The van der Waals surface area contributed by atoms with E-state index in [1.54, 1.807) is 12.1 Å². The fourth-order valence-electron chi connectivity index (χ4n) is 1.62. The van der Waals surface area contributed by atoms with E-state index in [9.17, 15) is 13.2 Å². The van der Waals surface area contributed by atoms with E-state index in [0.29, 0.717) is 0 Å². The van der Waals surface area contributed by atoms with Crippen LogP contribution in [0, 0.1) is 6.92 Å². The van der Waals surface area contributed by atoms with Crippen molar-refractivity contribution in [2.75, 3.05) is 13.6 Å². The normalized spacial score (nSPS) is 12.0. The Labute approximate surface area is 131 Å². The molecule has 22 heavy (non-hydrogen) atoms. The summed E-state index contributed by atoms with van der Waals surface area (Å²) in [6, 6.07) is 6.21. The van der Waals surface area contributed by atoms with Crippen LogP contribution in [-0.4, -0.2) is 33.0 Å². The molecule has 1 rings (SSSR count). The molecule has 0 fully saturated rings. The van der Waals surface area contributed by atoms with Crippen molar-refractivity contribution in [3.63, 3.8) is 0 Å². The van der Waals surface area contributed by atoms with Gasteiger partial charge in [0.15, 0.2) is 4.91 Å². The molecule has 1 aromatic carbocycles. The Kier molecular flexibility index (Phi) is 6.27. The molecule has 0 N–H and O–H groups in total. The number of benzene rings is 1. The first-order chi connectivity index (χ1) is 10.3. The number of nitrogens with zero attached hydrogens (tertiary/aromatic N) is 1. The quantitative estimate of drug-likeness (QED) is 0.334. The zero-order chi connectivity index (χ0) is 16.8. The highest BCUT2D eigenvalue weighted by Crippen LogP contribution is 2.21. The molecule has 0 aliphatic carbocycles. The number of likely N-dealkylation sites (N-methyl/N-ethyl adjacent to an activating group) is 1. The van der Waals surface area contributed by atoms with Crippen LogP contribution in [0.2, 0.25) is 0 Å². The average Bonchev–Trinajstić information content (AvgIpc) is 2.45. The van der Waals surface area contributed by atoms with E-state index in [2.05, 4.69) is 13.2 Å². The van der Waals surface area contributed by atoms with Crippen molar-refractivity contribution >= 4 is 15.8 Å². The molecule has 0 bridgehead atoms. The van der Waals surface area contributed by atoms with Gasteiger partial charge >= 0.3 is 5.97 Å². The highest BCUT2D eigenvalue weighted by molar-refractivity contribution is 7.96. The summed E-state index contributed by atoms with van der Waals surface area (Å²) in [6.45, 7) is 9.07. The number of carbonyl (C=O) groups excluding carboxylic acids is 1. The Hall–Kier alpha value is -2.18. The number of sulfone groups is 1. The molecule has 0 saturated carbocycles. The third kappa shape index (κ3) is 4.41. The predicted octanol–water partition coefficient (Wildman–Crippen LogP) is 2.41. The molecule has 118 valence electrons. The van der Waals surface area contributed by atoms with Crippen LogP contribution in [0.15, 0.2) is 65.5 Å². The van der Waals surface area contributed by atoms with Crippen LogP contribution in [0.5, 0.6) is 0 Å². The third-order valence-corrected chi connectivity index (χ3v) is 4.49. The van der Waals surface area contributed by atoms with Crippen LogP contribution in [0.3, 0.4) is 0 Å². The Morgan fingerprint density at radius 2 is 1.86 bits per heavy atom. The number of aryl methyl sites for hydroxylation is 1. The topological polar surface area (TPSA) is 63.7 Å². The van der Waals surface area contributed by atoms with E-state index in [4.69, 9.17) is 4.84 Å². The van der Waals surface area contributed by atoms with Gasteiger partial charge in [-0.1, -0.05) is 36.4 Å². The lowest BCUT2D eigenvalue weighted by molar-refractivity contribution is -0.175. The Balaban J connectivity index is 3.17. The van der Waals surface area contributed by atoms with Gasteiger partial charge < -0.3 is 4.84 Å². The van der Waals surface area contributed by atoms with Crippen LogP contribution < -0.4 is 0 Å². The Bertz CT molecular complexity index is 687. The molecule has 0 aliphatic heterocycles. The summed E-state index contributed by atoms with van der Waals surface area (Å²) in [5.41, 5.74) is 0.918. The second-order valence-corrected chi connectivity index (χ2v) is 6.48. The first-order valence-electron chi connectivity index (χ1n) is 6.51. The highest BCUT2D eigenvalue weighted by atomic mass is 32.2. The van der Waals surface area contributed by atoms with Crippen molar-refractivity contribution in [2.24, 2.45) is 0 Å². The van der Waals surface area contributed by atoms with Gasteiger partial charge in [0, 0.05) is 7.05 Å². The largest absolute Gasteiger partial charge is 0.369 e. The molecule has 0 spiro atoms. The van der Waals surface area contributed by atoms with Gasteiger partial charge in [0.05, 0.1) is 11.4 Å². The van der Waals surface area contributed by atoms with Crippen LogP contribution >= 0.6 is 0 Å². The van der Waals surface area contributed by atoms with Crippen molar-refractivity contribution < 1.29 is 18.0 Å². The van der Waals surface area contributed by atoms with Gasteiger partial charge in [-0.3, -0.25) is 0 Å². The molecule has 6 heteroatoms. The maximum atomic E-state index is 12.6. The maximum absolute atomic E-state index is 12.6. The Morgan fingerprint density at radius 1 is 1.27 bits per heavy atom. The molecule has 0 atom stereocenters. The zero-order valence-electron chi connectivity index (χ0n) is 12.7. The molecule has 0 radical (unpaired) electrons. The van der Waals surface area contributed by atoms with Crippen molar-refractivity contribution in [1.82, 2.24) is 5.06 Å². The average molecular weight is 321 g/mol. The molecule has 5 nitrogen and oxygen atoms in total. The highest BCUT2D eigenvalue weighted by Gasteiger charge is 2.28. The number of carbonyl (C=O) groups is 1. The lowest BCUT2D eigenvalue weighted by atomic mass is 10.2. The number of hydrogen-bond acceptors (Lipinski definition) is 5. The van der Waals surface area contributed by atoms with Crippen LogP contribution in [0.4, 0.5) is 0 Å². The first kappa shape index (κ1) is 17.9. The van der Waals surface area contributed by atoms with Gasteiger partial charge in [-0.2, -0.15) is 0 Å². The fraction of sp³-hybridized carbons (Fsp3) is 0.188. The van der Waals surface area contributed by atoms with E-state index in [1.165, 1.54) is 36.4 Å². The monoisotopic (exact) mass is 321 g/mol. The number of rotatable bonds is 7. The van der Waals surface area contributed by atoms with E-state index in [1.807, 2.05) is 6.92 Å². The van der Waals surface area contributed by atoms with Crippen molar-refractivity contribution in [3.05, 3.63) is 66.1 Å². The van der Waals surface area contributed by atoms with Crippen LogP contribution in [0.25, 0.3) is 0 Å². The summed E-state index contributed by atoms with van der Waals surface area (Å²) in [5, 5.41) is 1.19. The number of hydrogen-bond donors (Lipinski definition) is 0. The molecule has 0 saturated heterocycles. The number of hydroxylamine groups is 2. The van der Waals surface area contributed by atoms with Crippen LogP contribution in [-0.2, 0) is 19.5 Å². The molecule has 0 heterocycles. The molecule has 0 unspecified atom stereocenters.